The standard InChI is InChI=1S/C22H22ClF3N4O2S/c1-4-30-19(11-32-18-8-5-13(2)9-14(18)3)28-29-21(30)33-12-20(31)27-17-10-15(22(24,25)26)6-7-16(17)23/h5-10H,4,11-12H2,1-3H3,(H,27,31). The van der Waals surface area contributed by atoms with Crippen molar-refractivity contribution in [3.05, 3.63) is 63.9 Å². The highest BCUT2D eigenvalue weighted by Crippen LogP contribution is 2.34. The van der Waals surface area contributed by atoms with E-state index in [2.05, 4.69) is 15.5 Å². The van der Waals surface area contributed by atoms with Crippen LogP contribution in [0.15, 0.2) is 41.6 Å². The van der Waals surface area contributed by atoms with Gasteiger partial charge in [-0.3, -0.25) is 4.79 Å². The molecule has 3 rings (SSSR count). The molecule has 1 N–H and O–H groups in total. The average Bonchev–Trinajstić information content (AvgIpc) is 3.14. The number of nitrogens with zero attached hydrogens (tertiary/aromatic N) is 3. The van der Waals surface area contributed by atoms with Crippen LogP contribution in [0.1, 0.15) is 29.4 Å². The van der Waals surface area contributed by atoms with Crippen LogP contribution in [-0.4, -0.2) is 26.4 Å². The van der Waals surface area contributed by atoms with E-state index in [1.165, 1.54) is 0 Å². The van der Waals surface area contributed by atoms with Gasteiger partial charge in [0.1, 0.15) is 12.4 Å². The molecule has 33 heavy (non-hydrogen) atoms. The average molecular weight is 499 g/mol. The van der Waals surface area contributed by atoms with Crippen LogP contribution in [0.4, 0.5) is 18.9 Å². The summed E-state index contributed by atoms with van der Waals surface area (Å²) in [5, 5.41) is 11.2. The summed E-state index contributed by atoms with van der Waals surface area (Å²) in [4.78, 5) is 12.3. The Morgan fingerprint density at radius 2 is 1.94 bits per heavy atom. The van der Waals surface area contributed by atoms with Crippen LogP contribution >= 0.6 is 23.4 Å². The lowest BCUT2D eigenvalue weighted by atomic mass is 10.1. The lowest BCUT2D eigenvalue weighted by Crippen LogP contribution is -2.16. The van der Waals surface area contributed by atoms with Crippen molar-refractivity contribution in [1.29, 1.82) is 0 Å². The predicted molar refractivity (Wildman–Crippen MR) is 122 cm³/mol. The molecule has 11 heteroatoms. The van der Waals surface area contributed by atoms with Crippen LogP contribution in [-0.2, 0) is 24.1 Å². The van der Waals surface area contributed by atoms with E-state index in [0.29, 0.717) is 17.5 Å². The Labute approximate surface area is 198 Å². The molecule has 1 heterocycles. The molecule has 3 aromatic rings. The van der Waals surface area contributed by atoms with Gasteiger partial charge in [0.25, 0.3) is 0 Å². The minimum Gasteiger partial charge on any atom is -0.485 e. The van der Waals surface area contributed by atoms with Gasteiger partial charge in [-0.2, -0.15) is 13.2 Å². The topological polar surface area (TPSA) is 69.0 Å². The van der Waals surface area contributed by atoms with E-state index in [-0.39, 0.29) is 23.1 Å². The maximum Gasteiger partial charge on any atom is 0.416 e. The number of hydrogen-bond donors (Lipinski definition) is 1. The quantitative estimate of drug-likeness (QED) is 0.392. The number of halogens is 4. The van der Waals surface area contributed by atoms with Crippen LogP contribution < -0.4 is 10.1 Å². The fourth-order valence-electron chi connectivity index (χ4n) is 3.07. The number of aryl methyl sites for hydroxylation is 2. The molecule has 1 amide bonds. The molecule has 6 nitrogen and oxygen atoms in total. The number of nitrogens with one attached hydrogen (secondary N) is 1. The van der Waals surface area contributed by atoms with Crippen molar-refractivity contribution in [2.45, 2.75) is 45.3 Å². The number of hydrogen-bond acceptors (Lipinski definition) is 5. The van der Waals surface area contributed by atoms with Crippen molar-refractivity contribution in [2.75, 3.05) is 11.1 Å². The van der Waals surface area contributed by atoms with E-state index in [1.807, 2.05) is 43.5 Å². The van der Waals surface area contributed by atoms with Gasteiger partial charge in [-0.05, 0) is 50.6 Å². The number of amides is 1. The maximum absolute atomic E-state index is 12.9. The van der Waals surface area contributed by atoms with Gasteiger partial charge in [-0.15, -0.1) is 10.2 Å². The summed E-state index contributed by atoms with van der Waals surface area (Å²) < 4.78 is 46.4. The highest BCUT2D eigenvalue weighted by molar-refractivity contribution is 7.99. The van der Waals surface area contributed by atoms with Crippen molar-refractivity contribution in [1.82, 2.24) is 14.8 Å². The lowest BCUT2D eigenvalue weighted by Gasteiger charge is -2.12. The van der Waals surface area contributed by atoms with E-state index >= 15 is 0 Å². The molecule has 0 atom stereocenters. The minimum absolute atomic E-state index is 0.0175. The number of aromatic nitrogens is 3. The first-order valence-corrected chi connectivity index (χ1v) is 11.4. The van der Waals surface area contributed by atoms with Crippen LogP contribution in [0, 0.1) is 13.8 Å². The molecule has 176 valence electrons. The second-order valence-corrected chi connectivity index (χ2v) is 8.58. The summed E-state index contributed by atoms with van der Waals surface area (Å²) in [6.45, 7) is 6.64. The second-order valence-electron chi connectivity index (χ2n) is 7.23. The fourth-order valence-corrected chi connectivity index (χ4v) is 4.05. The first kappa shape index (κ1) is 24.9. The molecule has 0 saturated heterocycles. The molecular weight excluding hydrogens is 477 g/mol. The second kappa shape index (κ2) is 10.5. The van der Waals surface area contributed by atoms with Gasteiger partial charge in [0.2, 0.25) is 5.91 Å². The number of thioether (sulfide) groups is 1. The minimum atomic E-state index is -4.54. The van der Waals surface area contributed by atoms with E-state index in [9.17, 15) is 18.0 Å². The number of rotatable bonds is 8. The largest absolute Gasteiger partial charge is 0.485 e. The zero-order valence-electron chi connectivity index (χ0n) is 18.2. The van der Waals surface area contributed by atoms with Gasteiger partial charge in [-0.1, -0.05) is 41.1 Å². The van der Waals surface area contributed by atoms with Gasteiger partial charge in [0, 0.05) is 6.54 Å². The Morgan fingerprint density at radius 1 is 1.18 bits per heavy atom. The van der Waals surface area contributed by atoms with E-state index in [0.717, 1.165) is 46.8 Å². The number of benzene rings is 2. The summed E-state index contributed by atoms with van der Waals surface area (Å²) in [5.41, 5.74) is 1.16. The highest BCUT2D eigenvalue weighted by atomic mass is 35.5. The molecule has 0 aliphatic rings. The summed E-state index contributed by atoms with van der Waals surface area (Å²) in [6, 6.07) is 8.65. The third-order valence-corrected chi connectivity index (χ3v) is 5.99. The van der Waals surface area contributed by atoms with Crippen LogP contribution in [0.5, 0.6) is 5.75 Å². The molecule has 0 aliphatic heterocycles. The van der Waals surface area contributed by atoms with Gasteiger partial charge >= 0.3 is 6.18 Å². The normalized spacial score (nSPS) is 11.5. The Bertz CT molecular complexity index is 1150. The molecule has 0 saturated carbocycles. The van der Waals surface area contributed by atoms with Gasteiger partial charge in [-0.25, -0.2) is 0 Å². The summed E-state index contributed by atoms with van der Waals surface area (Å²) in [7, 11) is 0. The van der Waals surface area contributed by atoms with Crippen molar-refractivity contribution >= 4 is 35.0 Å². The van der Waals surface area contributed by atoms with Crippen molar-refractivity contribution in [2.24, 2.45) is 0 Å². The first-order valence-electron chi connectivity index (χ1n) is 10.00. The number of alkyl halides is 3. The van der Waals surface area contributed by atoms with Crippen LogP contribution in [0.25, 0.3) is 0 Å². The monoisotopic (exact) mass is 498 g/mol. The van der Waals surface area contributed by atoms with Gasteiger partial charge < -0.3 is 14.6 Å². The molecule has 0 bridgehead atoms. The van der Waals surface area contributed by atoms with Crippen molar-refractivity contribution in [3.63, 3.8) is 0 Å². The van der Waals surface area contributed by atoms with E-state index in [4.69, 9.17) is 16.3 Å². The summed E-state index contributed by atoms with van der Waals surface area (Å²) in [5.74, 6) is 0.752. The third-order valence-electron chi connectivity index (χ3n) is 4.70. The molecule has 1 aromatic heterocycles. The van der Waals surface area contributed by atoms with Gasteiger partial charge in [0.15, 0.2) is 11.0 Å². The molecule has 0 fully saturated rings. The Kier molecular flexibility index (Phi) is 7.91. The van der Waals surface area contributed by atoms with E-state index in [1.54, 1.807) is 0 Å². The number of anilines is 1. The predicted octanol–water partition coefficient (Wildman–Crippen LogP) is 5.90. The molecule has 0 spiro atoms. The van der Waals surface area contributed by atoms with Crippen LogP contribution in [0.3, 0.4) is 0 Å². The van der Waals surface area contributed by atoms with E-state index < -0.39 is 17.6 Å². The summed E-state index contributed by atoms with van der Waals surface area (Å²) in [6.07, 6.45) is -4.54. The molecular formula is C22H22ClF3N4O2S. The fraction of sp³-hybridized carbons (Fsp3) is 0.318. The van der Waals surface area contributed by atoms with Crippen molar-refractivity contribution in [3.8, 4) is 5.75 Å². The zero-order chi connectivity index (χ0) is 24.2. The first-order chi connectivity index (χ1) is 15.6. The SMILES string of the molecule is CCn1c(COc2ccc(C)cc2C)nnc1SCC(=O)Nc1cc(C(F)(F)F)ccc1Cl. The Morgan fingerprint density at radius 3 is 2.61 bits per heavy atom. The molecule has 0 aliphatic carbocycles. The molecule has 2 aromatic carbocycles. The third kappa shape index (κ3) is 6.42. The van der Waals surface area contributed by atoms with Gasteiger partial charge in [0.05, 0.1) is 22.0 Å². The summed E-state index contributed by atoms with van der Waals surface area (Å²) >= 11 is 7.05. The number of carbonyl (C=O) groups is 1. The highest BCUT2D eigenvalue weighted by Gasteiger charge is 2.31. The number of carbonyl (C=O) groups excluding carboxylic acids is 1. The molecule has 0 unspecified atom stereocenters. The Hall–Kier alpha value is -2.72. The number of ether oxygens (including phenoxy) is 1. The smallest absolute Gasteiger partial charge is 0.416 e. The zero-order valence-corrected chi connectivity index (χ0v) is 19.7. The Balaban J connectivity index is 1.62. The van der Waals surface area contributed by atoms with Crippen molar-refractivity contribution < 1.29 is 22.7 Å². The van der Waals surface area contributed by atoms with Crippen LogP contribution in [0.2, 0.25) is 5.02 Å². The lowest BCUT2D eigenvalue weighted by molar-refractivity contribution is -0.137. The molecule has 0 radical (unpaired) electrons. The maximum atomic E-state index is 12.9.